The molecule has 3 nitrogen and oxygen atoms in total. The van der Waals surface area contributed by atoms with Crippen molar-refractivity contribution >= 4 is 28.2 Å². The first-order valence-electron chi connectivity index (χ1n) is 7.03. The fourth-order valence-electron chi connectivity index (χ4n) is 2.29. The predicted octanol–water partition coefficient (Wildman–Crippen LogP) is 4.09. The monoisotopic (exact) mass is 292 g/mol. The molecule has 0 saturated carbocycles. The number of alkyl halides is 1. The van der Waals surface area contributed by atoms with Crippen LogP contribution in [0.2, 0.25) is 0 Å². The summed E-state index contributed by atoms with van der Waals surface area (Å²) in [6.45, 7) is 4.00. The van der Waals surface area contributed by atoms with E-state index in [0.717, 1.165) is 48.3 Å². The zero-order chi connectivity index (χ0) is 14.4. The van der Waals surface area contributed by atoms with Crippen LogP contribution in [0.15, 0.2) is 30.5 Å². The number of fused-ring (bicyclic) bond motifs is 1. The van der Waals surface area contributed by atoms with Crippen molar-refractivity contribution in [2.75, 3.05) is 31.0 Å². The number of nitrogens with zero attached hydrogens (tertiary/aromatic N) is 2. The summed E-state index contributed by atoms with van der Waals surface area (Å²) in [6, 6.07) is 8.11. The lowest BCUT2D eigenvalue weighted by Gasteiger charge is -2.24. The van der Waals surface area contributed by atoms with Crippen molar-refractivity contribution in [3.63, 3.8) is 0 Å². The molecule has 1 aromatic heterocycles. The highest BCUT2D eigenvalue weighted by atomic mass is 35.5. The number of methoxy groups -OCH3 is 1. The quantitative estimate of drug-likeness (QED) is 0.719. The molecule has 0 N–H and O–H groups in total. The summed E-state index contributed by atoms with van der Waals surface area (Å²) in [4.78, 5) is 6.83. The highest BCUT2D eigenvalue weighted by Gasteiger charge is 2.11. The zero-order valence-electron chi connectivity index (χ0n) is 12.1. The smallest absolute Gasteiger partial charge is 0.136 e. The SMILES string of the molecule is CCCCN(CCCl)c1nccc2cc(OC)ccc12. The van der Waals surface area contributed by atoms with E-state index in [9.17, 15) is 0 Å². The number of hydrogen-bond acceptors (Lipinski definition) is 3. The van der Waals surface area contributed by atoms with Crippen LogP contribution in [-0.4, -0.2) is 31.1 Å². The minimum absolute atomic E-state index is 0.609. The molecule has 0 aliphatic rings. The normalized spacial score (nSPS) is 10.8. The summed E-state index contributed by atoms with van der Waals surface area (Å²) in [6.07, 6.45) is 4.16. The summed E-state index contributed by atoms with van der Waals surface area (Å²) in [7, 11) is 1.68. The lowest BCUT2D eigenvalue weighted by Crippen LogP contribution is -2.27. The van der Waals surface area contributed by atoms with Crippen LogP contribution in [0.25, 0.3) is 10.8 Å². The number of anilines is 1. The molecule has 1 aromatic carbocycles. The molecule has 0 aliphatic heterocycles. The maximum Gasteiger partial charge on any atom is 0.136 e. The molecule has 20 heavy (non-hydrogen) atoms. The lowest BCUT2D eigenvalue weighted by molar-refractivity contribution is 0.415. The van der Waals surface area contributed by atoms with Crippen LogP contribution in [0.4, 0.5) is 5.82 Å². The van der Waals surface area contributed by atoms with E-state index in [1.807, 2.05) is 24.4 Å². The van der Waals surface area contributed by atoms with Crippen LogP contribution in [0.1, 0.15) is 19.8 Å². The van der Waals surface area contributed by atoms with Crippen molar-refractivity contribution < 1.29 is 4.74 Å². The number of ether oxygens (including phenoxy) is 1. The van der Waals surface area contributed by atoms with E-state index in [1.54, 1.807) is 7.11 Å². The van der Waals surface area contributed by atoms with E-state index in [0.29, 0.717) is 5.88 Å². The summed E-state index contributed by atoms with van der Waals surface area (Å²) >= 11 is 5.93. The highest BCUT2D eigenvalue weighted by Crippen LogP contribution is 2.27. The van der Waals surface area contributed by atoms with Gasteiger partial charge in [-0.25, -0.2) is 4.98 Å². The van der Waals surface area contributed by atoms with Crippen molar-refractivity contribution in [2.24, 2.45) is 0 Å². The summed E-state index contributed by atoms with van der Waals surface area (Å²) in [5.74, 6) is 2.49. The Morgan fingerprint density at radius 3 is 2.80 bits per heavy atom. The van der Waals surface area contributed by atoms with E-state index < -0.39 is 0 Å². The number of benzene rings is 1. The van der Waals surface area contributed by atoms with Crippen LogP contribution in [-0.2, 0) is 0 Å². The molecule has 108 valence electrons. The van der Waals surface area contributed by atoms with E-state index in [-0.39, 0.29) is 0 Å². The molecular formula is C16H21ClN2O. The van der Waals surface area contributed by atoms with Crippen molar-refractivity contribution in [3.05, 3.63) is 30.5 Å². The molecule has 4 heteroatoms. The molecule has 2 rings (SSSR count). The number of unbranched alkanes of at least 4 members (excludes halogenated alkanes) is 1. The summed E-state index contributed by atoms with van der Waals surface area (Å²) in [5.41, 5.74) is 0. The Labute approximate surface area is 125 Å². The standard InChI is InChI=1S/C16H21ClN2O/c1-3-4-10-19(11-8-17)16-15-6-5-14(20-2)12-13(15)7-9-18-16/h5-7,9,12H,3-4,8,10-11H2,1-2H3. The molecule has 0 amide bonds. The van der Waals surface area contributed by atoms with Gasteiger partial charge in [-0.15, -0.1) is 11.6 Å². The van der Waals surface area contributed by atoms with Gasteiger partial charge in [-0.2, -0.15) is 0 Å². The maximum atomic E-state index is 5.93. The van der Waals surface area contributed by atoms with Crippen molar-refractivity contribution in [2.45, 2.75) is 19.8 Å². The van der Waals surface area contributed by atoms with Crippen LogP contribution in [0.3, 0.4) is 0 Å². The molecular weight excluding hydrogens is 272 g/mol. The van der Waals surface area contributed by atoms with Gasteiger partial charge in [0.2, 0.25) is 0 Å². The predicted molar refractivity (Wildman–Crippen MR) is 86.1 cm³/mol. The third kappa shape index (κ3) is 3.34. The Morgan fingerprint density at radius 2 is 2.10 bits per heavy atom. The molecule has 0 saturated heterocycles. The Balaban J connectivity index is 2.40. The number of rotatable bonds is 7. The topological polar surface area (TPSA) is 25.4 Å². The maximum absolute atomic E-state index is 5.93. The second-order valence-electron chi connectivity index (χ2n) is 4.75. The van der Waals surface area contributed by atoms with Gasteiger partial charge >= 0.3 is 0 Å². The molecule has 0 aliphatic carbocycles. The van der Waals surface area contributed by atoms with Gasteiger partial charge in [0.05, 0.1) is 7.11 Å². The number of pyridine rings is 1. The Hall–Kier alpha value is -1.48. The van der Waals surface area contributed by atoms with Crippen molar-refractivity contribution in [1.82, 2.24) is 4.98 Å². The Bertz CT molecular complexity index is 559. The molecule has 0 radical (unpaired) electrons. The van der Waals surface area contributed by atoms with Gasteiger partial charge in [-0.1, -0.05) is 13.3 Å². The molecule has 0 unspecified atom stereocenters. The van der Waals surface area contributed by atoms with Gasteiger partial charge in [0, 0.05) is 30.6 Å². The van der Waals surface area contributed by atoms with E-state index >= 15 is 0 Å². The fourth-order valence-corrected chi connectivity index (χ4v) is 2.50. The zero-order valence-corrected chi connectivity index (χ0v) is 12.9. The minimum atomic E-state index is 0.609. The minimum Gasteiger partial charge on any atom is -0.497 e. The molecule has 0 bridgehead atoms. The molecule has 0 fully saturated rings. The molecule has 2 aromatic rings. The van der Waals surface area contributed by atoms with Crippen molar-refractivity contribution in [1.29, 1.82) is 0 Å². The van der Waals surface area contributed by atoms with Gasteiger partial charge < -0.3 is 9.64 Å². The van der Waals surface area contributed by atoms with E-state index in [4.69, 9.17) is 16.3 Å². The fraction of sp³-hybridized carbons (Fsp3) is 0.438. The Morgan fingerprint density at radius 1 is 1.25 bits per heavy atom. The van der Waals surface area contributed by atoms with Gasteiger partial charge in [-0.05, 0) is 36.1 Å². The van der Waals surface area contributed by atoms with Gasteiger partial charge in [0.15, 0.2) is 0 Å². The Kier molecular flexibility index (Phi) is 5.48. The second-order valence-corrected chi connectivity index (χ2v) is 5.13. The largest absolute Gasteiger partial charge is 0.497 e. The van der Waals surface area contributed by atoms with Gasteiger partial charge in [0.1, 0.15) is 11.6 Å². The molecule has 0 atom stereocenters. The van der Waals surface area contributed by atoms with E-state index in [2.05, 4.69) is 22.9 Å². The molecule has 1 heterocycles. The first-order valence-corrected chi connectivity index (χ1v) is 7.57. The van der Waals surface area contributed by atoms with Crippen LogP contribution in [0, 0.1) is 0 Å². The van der Waals surface area contributed by atoms with Gasteiger partial charge in [-0.3, -0.25) is 0 Å². The number of halogens is 1. The third-order valence-corrected chi connectivity index (χ3v) is 3.56. The van der Waals surface area contributed by atoms with Crippen molar-refractivity contribution in [3.8, 4) is 5.75 Å². The van der Waals surface area contributed by atoms with Crippen LogP contribution >= 0.6 is 11.6 Å². The molecule has 0 spiro atoms. The summed E-state index contributed by atoms with van der Waals surface area (Å²) < 4.78 is 5.28. The van der Waals surface area contributed by atoms with Crippen LogP contribution < -0.4 is 9.64 Å². The highest BCUT2D eigenvalue weighted by molar-refractivity contribution is 6.18. The average molecular weight is 293 g/mol. The third-order valence-electron chi connectivity index (χ3n) is 3.39. The summed E-state index contributed by atoms with van der Waals surface area (Å²) in [5, 5.41) is 2.29. The van der Waals surface area contributed by atoms with Crippen LogP contribution in [0.5, 0.6) is 5.75 Å². The number of hydrogen-bond donors (Lipinski definition) is 0. The first-order chi connectivity index (χ1) is 9.80. The van der Waals surface area contributed by atoms with Gasteiger partial charge in [0.25, 0.3) is 0 Å². The number of aromatic nitrogens is 1. The van der Waals surface area contributed by atoms with E-state index in [1.165, 1.54) is 0 Å². The lowest BCUT2D eigenvalue weighted by atomic mass is 10.1. The second kappa shape index (κ2) is 7.34. The average Bonchev–Trinajstić information content (AvgIpc) is 2.50. The first kappa shape index (κ1) is 14.9.